The molecule has 1 aromatic rings. The van der Waals surface area contributed by atoms with Gasteiger partial charge in [0.25, 0.3) is 10.1 Å². The maximum atomic E-state index is 12.3. The molecule has 1 aliphatic carbocycles. The zero-order valence-electron chi connectivity index (χ0n) is 12.6. The summed E-state index contributed by atoms with van der Waals surface area (Å²) in [5, 5.41) is 0. The molecule has 1 saturated carbocycles. The zero-order valence-corrected chi connectivity index (χ0v) is 15.7. The second-order valence-electron chi connectivity index (χ2n) is 6.52. The Morgan fingerprint density at radius 3 is 2.23 bits per heavy atom. The lowest BCUT2D eigenvalue weighted by atomic mass is 9.59. The van der Waals surface area contributed by atoms with E-state index in [0.717, 1.165) is 5.56 Å². The van der Waals surface area contributed by atoms with Gasteiger partial charge in [0.2, 0.25) is 0 Å². The molecule has 2 rings (SSSR count). The third-order valence-electron chi connectivity index (χ3n) is 4.19. The van der Waals surface area contributed by atoms with Crippen molar-refractivity contribution in [1.82, 2.24) is 0 Å². The van der Waals surface area contributed by atoms with E-state index in [-0.39, 0.29) is 22.6 Å². The first-order chi connectivity index (χ1) is 9.91. The van der Waals surface area contributed by atoms with E-state index < -0.39 is 20.0 Å². The van der Waals surface area contributed by atoms with Crippen LogP contribution in [0.5, 0.6) is 0 Å². The summed E-state index contributed by atoms with van der Waals surface area (Å²) >= 11 is 17.6. The lowest BCUT2D eigenvalue weighted by Gasteiger charge is -2.51. The van der Waals surface area contributed by atoms with Crippen LogP contribution in [0.4, 0.5) is 0 Å². The molecule has 0 radical (unpaired) electrons. The smallest absolute Gasteiger partial charge is 0.263 e. The molecule has 2 atom stereocenters. The van der Waals surface area contributed by atoms with Gasteiger partial charge in [0, 0.05) is 6.42 Å². The SMILES string of the molecule is Cc1ccc(S(=O)(=O)OC2CC(C)(C)C2CC(Cl)(Cl)Cl)cc1. The number of aryl methyl sites for hydroxylation is 1. The molecular formula is C15H19Cl3O3S. The summed E-state index contributed by atoms with van der Waals surface area (Å²) in [5.41, 5.74) is 0.870. The van der Waals surface area contributed by atoms with Gasteiger partial charge in [-0.1, -0.05) is 66.3 Å². The quantitative estimate of drug-likeness (QED) is 0.548. The topological polar surface area (TPSA) is 43.4 Å². The first-order valence-corrected chi connectivity index (χ1v) is 9.52. The zero-order chi connectivity index (χ0) is 16.8. The lowest BCUT2D eigenvalue weighted by Crippen LogP contribution is -2.51. The van der Waals surface area contributed by atoms with Crippen molar-refractivity contribution in [2.45, 2.75) is 48.4 Å². The summed E-state index contributed by atoms with van der Waals surface area (Å²) < 4.78 is 28.7. The van der Waals surface area contributed by atoms with E-state index in [4.69, 9.17) is 39.0 Å². The minimum Gasteiger partial charge on any atom is -0.263 e. The molecule has 3 nitrogen and oxygen atoms in total. The van der Waals surface area contributed by atoms with E-state index >= 15 is 0 Å². The van der Waals surface area contributed by atoms with Crippen LogP contribution < -0.4 is 0 Å². The Labute approximate surface area is 147 Å². The number of hydrogen-bond donors (Lipinski definition) is 0. The average Bonchev–Trinajstić information content (AvgIpc) is 2.35. The molecule has 0 amide bonds. The van der Waals surface area contributed by atoms with E-state index in [2.05, 4.69) is 0 Å². The molecule has 0 heterocycles. The Hall–Kier alpha value is -0.000000000000000167. The van der Waals surface area contributed by atoms with Gasteiger partial charge in [-0.2, -0.15) is 8.42 Å². The van der Waals surface area contributed by atoms with Crippen LogP contribution in [-0.4, -0.2) is 18.3 Å². The number of hydrogen-bond acceptors (Lipinski definition) is 3. The molecule has 1 aliphatic rings. The summed E-state index contributed by atoms with van der Waals surface area (Å²) in [6.07, 6.45) is 0.416. The summed E-state index contributed by atoms with van der Waals surface area (Å²) in [7, 11) is -3.81. The fraction of sp³-hybridized carbons (Fsp3) is 0.600. The van der Waals surface area contributed by atoms with Crippen LogP contribution >= 0.6 is 34.8 Å². The van der Waals surface area contributed by atoms with Crippen molar-refractivity contribution in [2.24, 2.45) is 11.3 Å². The van der Waals surface area contributed by atoms with Crippen molar-refractivity contribution in [3.63, 3.8) is 0 Å². The third-order valence-corrected chi connectivity index (χ3v) is 6.00. The van der Waals surface area contributed by atoms with E-state index in [1.807, 2.05) is 20.8 Å². The van der Waals surface area contributed by atoms with E-state index in [9.17, 15) is 8.42 Å². The van der Waals surface area contributed by atoms with Gasteiger partial charge in [-0.25, -0.2) is 0 Å². The van der Waals surface area contributed by atoms with Gasteiger partial charge in [0.1, 0.15) is 0 Å². The molecule has 1 fully saturated rings. The van der Waals surface area contributed by atoms with Crippen molar-refractivity contribution in [2.75, 3.05) is 0 Å². The first kappa shape index (κ1) is 18.3. The second kappa shape index (κ2) is 6.14. The minimum atomic E-state index is -3.81. The summed E-state index contributed by atoms with van der Waals surface area (Å²) in [6, 6.07) is 6.55. The molecule has 0 saturated heterocycles. The third kappa shape index (κ3) is 4.30. The van der Waals surface area contributed by atoms with Gasteiger partial charge >= 0.3 is 0 Å². The molecule has 7 heteroatoms. The first-order valence-electron chi connectivity index (χ1n) is 6.97. The molecule has 0 aromatic heterocycles. The normalized spacial score (nSPS) is 24.8. The molecule has 1 aromatic carbocycles. The van der Waals surface area contributed by atoms with E-state index in [1.54, 1.807) is 24.3 Å². The van der Waals surface area contributed by atoms with E-state index in [1.165, 1.54) is 0 Å². The van der Waals surface area contributed by atoms with E-state index in [0.29, 0.717) is 6.42 Å². The molecule has 0 spiro atoms. The van der Waals surface area contributed by atoms with Crippen LogP contribution in [0.1, 0.15) is 32.3 Å². The van der Waals surface area contributed by atoms with Crippen molar-refractivity contribution in [1.29, 1.82) is 0 Å². The van der Waals surface area contributed by atoms with Gasteiger partial charge in [-0.3, -0.25) is 4.18 Å². The Balaban J connectivity index is 2.14. The van der Waals surface area contributed by atoms with Crippen LogP contribution in [0.15, 0.2) is 29.2 Å². The molecule has 0 N–H and O–H groups in total. The highest BCUT2D eigenvalue weighted by molar-refractivity contribution is 7.86. The van der Waals surface area contributed by atoms with Gasteiger partial charge < -0.3 is 0 Å². The largest absolute Gasteiger partial charge is 0.297 e. The Morgan fingerprint density at radius 2 is 1.77 bits per heavy atom. The van der Waals surface area contributed by atoms with Crippen LogP contribution in [0, 0.1) is 18.3 Å². The Kier molecular flexibility index (Phi) is 5.12. The van der Waals surface area contributed by atoms with Crippen molar-refractivity contribution >= 4 is 44.9 Å². The summed E-state index contributed by atoms with van der Waals surface area (Å²) in [6.45, 7) is 5.93. The number of alkyl halides is 3. The van der Waals surface area contributed by atoms with Gasteiger partial charge in [0.15, 0.2) is 3.79 Å². The summed E-state index contributed by atoms with van der Waals surface area (Å²) in [4.78, 5) is 0.149. The maximum absolute atomic E-state index is 12.3. The van der Waals surface area contributed by atoms with Crippen molar-refractivity contribution in [3.05, 3.63) is 29.8 Å². The Morgan fingerprint density at radius 1 is 1.23 bits per heavy atom. The number of rotatable bonds is 4. The van der Waals surface area contributed by atoms with Gasteiger partial charge in [0.05, 0.1) is 11.0 Å². The molecular weight excluding hydrogens is 367 g/mol. The van der Waals surface area contributed by atoms with Crippen LogP contribution in [-0.2, 0) is 14.3 Å². The standard InChI is InChI=1S/C15H19Cl3O3S/c1-10-4-6-11(7-5-10)22(19,20)21-13-9-14(2,3)12(13)8-15(16,17)18/h4-7,12-13H,8-9H2,1-3H3. The maximum Gasteiger partial charge on any atom is 0.297 e. The average molecular weight is 386 g/mol. The van der Waals surface area contributed by atoms with Crippen molar-refractivity contribution < 1.29 is 12.6 Å². The van der Waals surface area contributed by atoms with Crippen LogP contribution in [0.2, 0.25) is 0 Å². The molecule has 22 heavy (non-hydrogen) atoms. The highest BCUT2D eigenvalue weighted by atomic mass is 35.6. The fourth-order valence-electron chi connectivity index (χ4n) is 2.84. The Bertz CT molecular complexity index is 633. The molecule has 124 valence electrons. The predicted octanol–water partition coefficient (Wildman–Crippen LogP) is 4.88. The number of halogens is 3. The monoisotopic (exact) mass is 384 g/mol. The fourth-order valence-corrected chi connectivity index (χ4v) is 4.44. The second-order valence-corrected chi connectivity index (χ2v) is 10.6. The molecule has 2 unspecified atom stereocenters. The van der Waals surface area contributed by atoms with Gasteiger partial charge in [-0.05, 0) is 36.8 Å². The minimum absolute atomic E-state index is 0.114. The van der Waals surface area contributed by atoms with Crippen LogP contribution in [0.25, 0.3) is 0 Å². The van der Waals surface area contributed by atoms with Gasteiger partial charge in [-0.15, -0.1) is 0 Å². The van der Waals surface area contributed by atoms with Crippen molar-refractivity contribution in [3.8, 4) is 0 Å². The molecule has 0 aliphatic heterocycles. The number of benzene rings is 1. The summed E-state index contributed by atoms with van der Waals surface area (Å²) in [5.74, 6) is -0.125. The van der Waals surface area contributed by atoms with Crippen LogP contribution in [0.3, 0.4) is 0 Å². The highest BCUT2D eigenvalue weighted by Gasteiger charge is 2.52. The molecule has 0 bridgehead atoms. The highest BCUT2D eigenvalue weighted by Crippen LogP contribution is 2.54. The predicted molar refractivity (Wildman–Crippen MR) is 90.0 cm³/mol. The lowest BCUT2D eigenvalue weighted by molar-refractivity contribution is -0.0705.